The molecule has 0 aromatic carbocycles. The summed E-state index contributed by atoms with van der Waals surface area (Å²) >= 11 is 21.8. The maximum atomic E-state index is 3.64. The highest BCUT2D eigenvalue weighted by molar-refractivity contribution is 9.72. The lowest BCUT2D eigenvalue weighted by molar-refractivity contribution is 0.699. The molecule has 0 atom stereocenters. The van der Waals surface area contributed by atoms with Crippen LogP contribution in [0.1, 0.15) is 25.7 Å². The first-order valence-corrected chi connectivity index (χ1v) is 22.3. The molecule has 0 saturated heterocycles. The minimum atomic E-state index is -1.34. The monoisotopic (exact) mass is 614 g/mol. The van der Waals surface area contributed by atoms with Crippen molar-refractivity contribution in [1.82, 2.24) is 0 Å². The highest BCUT2D eigenvalue weighted by atomic mass is 80.0. The van der Waals surface area contributed by atoms with Crippen molar-refractivity contribution >= 4 is 99.6 Å². The molecular formula is C6H12Br6Si2. The van der Waals surface area contributed by atoms with Crippen LogP contribution in [0.5, 0.6) is 0 Å². The minimum Gasteiger partial charge on any atom is -0.0964 e. The molecule has 0 aromatic heterocycles. The number of rotatable bonds is 7. The number of halogens is 6. The van der Waals surface area contributed by atoms with E-state index in [-0.39, 0.29) is 0 Å². The molecule has 0 heterocycles. The fourth-order valence-electron chi connectivity index (χ4n) is 1.00. The first kappa shape index (κ1) is 17.3. The lowest BCUT2D eigenvalue weighted by Crippen LogP contribution is -2.06. The van der Waals surface area contributed by atoms with Gasteiger partial charge in [-0.3, -0.25) is 0 Å². The SMILES string of the molecule is Br[Si](Br)(Br)CCCCCC[Si](Br)(Br)Br. The molecule has 8 heteroatoms. The van der Waals surface area contributed by atoms with Gasteiger partial charge < -0.3 is 0 Å². The molecule has 0 amide bonds. The summed E-state index contributed by atoms with van der Waals surface area (Å²) in [5.74, 6) is 0. The van der Waals surface area contributed by atoms with Crippen LogP contribution in [0.25, 0.3) is 0 Å². The van der Waals surface area contributed by atoms with Gasteiger partial charge in [0.25, 0.3) is 7.86 Å². The summed E-state index contributed by atoms with van der Waals surface area (Å²) in [4.78, 5) is 0. The lowest BCUT2D eigenvalue weighted by Gasteiger charge is -2.10. The van der Waals surface area contributed by atoms with Gasteiger partial charge in [0.2, 0.25) is 0 Å². The van der Waals surface area contributed by atoms with Crippen molar-refractivity contribution in [2.24, 2.45) is 0 Å². The zero-order valence-corrected chi connectivity index (χ0v) is 19.0. The van der Waals surface area contributed by atoms with Crippen LogP contribution in [0, 0.1) is 0 Å². The van der Waals surface area contributed by atoms with Crippen molar-refractivity contribution in [1.29, 1.82) is 0 Å². The van der Waals surface area contributed by atoms with E-state index in [4.69, 9.17) is 0 Å². The third-order valence-electron chi connectivity index (χ3n) is 1.67. The molecule has 86 valence electrons. The van der Waals surface area contributed by atoms with E-state index in [0.717, 1.165) is 0 Å². The Morgan fingerprint density at radius 1 is 0.500 bits per heavy atom. The van der Waals surface area contributed by atoms with Crippen LogP contribution in [0.4, 0.5) is 0 Å². The topological polar surface area (TPSA) is 0 Å². The molecule has 0 aliphatic heterocycles. The first-order chi connectivity index (χ1) is 6.21. The zero-order valence-electron chi connectivity index (χ0n) is 7.51. The van der Waals surface area contributed by atoms with Crippen LogP contribution < -0.4 is 0 Å². The highest BCUT2D eigenvalue weighted by Crippen LogP contribution is 2.35. The van der Waals surface area contributed by atoms with Crippen LogP contribution in [0.3, 0.4) is 0 Å². The largest absolute Gasteiger partial charge is 0.267 e. The van der Waals surface area contributed by atoms with Crippen LogP contribution >= 0.6 is 91.8 Å². The van der Waals surface area contributed by atoms with E-state index >= 15 is 0 Å². The molecular weight excluding hydrogens is 608 g/mol. The summed E-state index contributed by atoms with van der Waals surface area (Å²) in [5, 5.41) is 0. The molecule has 14 heavy (non-hydrogen) atoms. The fraction of sp³-hybridized carbons (Fsp3) is 1.00. The van der Waals surface area contributed by atoms with E-state index in [2.05, 4.69) is 91.8 Å². The smallest absolute Gasteiger partial charge is 0.0964 e. The van der Waals surface area contributed by atoms with Crippen molar-refractivity contribution in [2.75, 3.05) is 0 Å². The van der Waals surface area contributed by atoms with Gasteiger partial charge in [-0.1, -0.05) is 117 Å². The highest BCUT2D eigenvalue weighted by Gasteiger charge is 2.22. The standard InChI is InChI=1S/C6H12Br6Si2/c7-13(8,9)5-3-1-2-4-6-14(10,11)12/h1-6H2. The third-order valence-corrected chi connectivity index (χ3v) is 10.6. The van der Waals surface area contributed by atoms with Gasteiger partial charge >= 0.3 is 0 Å². The zero-order chi connectivity index (χ0) is 11.2. The Kier molecular flexibility index (Phi) is 10.4. The van der Waals surface area contributed by atoms with Gasteiger partial charge in [0.1, 0.15) is 0 Å². The molecule has 0 N–H and O–H groups in total. The Hall–Kier alpha value is 3.31. The molecule has 0 fully saturated rings. The van der Waals surface area contributed by atoms with Crippen molar-refractivity contribution in [2.45, 2.75) is 37.8 Å². The van der Waals surface area contributed by atoms with Gasteiger partial charge in [-0.05, 0) is 12.1 Å². The molecule has 0 radical (unpaired) electrons. The minimum absolute atomic E-state index is 1.24. The summed E-state index contributed by atoms with van der Waals surface area (Å²) in [7, 11) is 0. The van der Waals surface area contributed by atoms with Crippen LogP contribution in [0.15, 0.2) is 0 Å². The third kappa shape index (κ3) is 15.3. The molecule has 0 spiro atoms. The second-order valence-electron chi connectivity index (χ2n) is 3.14. The quantitative estimate of drug-likeness (QED) is 0.167. The van der Waals surface area contributed by atoms with Crippen molar-refractivity contribution in [3.63, 3.8) is 0 Å². The second-order valence-corrected chi connectivity index (χ2v) is 50.1. The summed E-state index contributed by atoms with van der Waals surface area (Å²) in [5.41, 5.74) is 0. The van der Waals surface area contributed by atoms with E-state index in [1.807, 2.05) is 0 Å². The predicted molar refractivity (Wildman–Crippen MR) is 93.2 cm³/mol. The summed E-state index contributed by atoms with van der Waals surface area (Å²) in [6.07, 6.45) is 5.26. The molecule has 0 aliphatic carbocycles. The van der Waals surface area contributed by atoms with Crippen LogP contribution in [-0.2, 0) is 0 Å². The summed E-state index contributed by atoms with van der Waals surface area (Å²) in [6.45, 7) is 0. The fourth-order valence-corrected chi connectivity index (χ4v) is 7.35. The second kappa shape index (κ2) is 8.42. The van der Waals surface area contributed by atoms with Gasteiger partial charge in [0.05, 0.1) is 0 Å². The van der Waals surface area contributed by atoms with E-state index < -0.39 is 7.86 Å². The van der Waals surface area contributed by atoms with E-state index in [9.17, 15) is 0 Å². The Labute approximate surface area is 135 Å². The Bertz CT molecular complexity index is 133. The molecule has 0 unspecified atom stereocenters. The van der Waals surface area contributed by atoms with E-state index in [1.54, 1.807) is 0 Å². The van der Waals surface area contributed by atoms with Crippen molar-refractivity contribution in [3.05, 3.63) is 0 Å². The Morgan fingerprint density at radius 3 is 1.00 bits per heavy atom. The number of hydrogen-bond acceptors (Lipinski definition) is 0. The molecule has 0 nitrogen and oxygen atoms in total. The van der Waals surface area contributed by atoms with Crippen molar-refractivity contribution in [3.8, 4) is 0 Å². The average molecular weight is 620 g/mol. The summed E-state index contributed by atoms with van der Waals surface area (Å²) in [6, 6.07) is 2.49. The molecule has 0 aromatic rings. The maximum Gasteiger partial charge on any atom is 0.267 e. The van der Waals surface area contributed by atoms with Gasteiger partial charge in [-0.15, -0.1) is 0 Å². The molecule has 0 saturated carbocycles. The van der Waals surface area contributed by atoms with Gasteiger partial charge in [0.15, 0.2) is 0 Å². The number of unbranched alkanes of at least 4 members (excludes halogenated alkanes) is 3. The van der Waals surface area contributed by atoms with Gasteiger partial charge in [0, 0.05) is 0 Å². The van der Waals surface area contributed by atoms with Crippen LogP contribution in [0.2, 0.25) is 12.1 Å². The van der Waals surface area contributed by atoms with Gasteiger partial charge in [-0.2, -0.15) is 0 Å². The average Bonchev–Trinajstić information content (AvgIpc) is 1.92. The van der Waals surface area contributed by atoms with Crippen molar-refractivity contribution < 1.29 is 0 Å². The first-order valence-electron chi connectivity index (χ1n) is 4.34. The molecule has 0 bridgehead atoms. The lowest BCUT2D eigenvalue weighted by atomic mass is 10.2. The maximum absolute atomic E-state index is 3.64. The van der Waals surface area contributed by atoms with E-state index in [0.29, 0.717) is 0 Å². The Balaban J connectivity index is 3.23. The normalized spacial score (nSPS) is 13.3. The van der Waals surface area contributed by atoms with Crippen LogP contribution in [-0.4, -0.2) is 7.86 Å². The molecule has 0 aliphatic rings. The summed E-state index contributed by atoms with van der Waals surface area (Å²) < 4.78 is -2.67. The Morgan fingerprint density at radius 2 is 0.786 bits per heavy atom. The molecule has 0 rings (SSSR count). The van der Waals surface area contributed by atoms with E-state index in [1.165, 1.54) is 37.8 Å². The predicted octanol–water partition coefficient (Wildman–Crippen LogP) is 6.79. The number of hydrogen-bond donors (Lipinski definition) is 0. The van der Waals surface area contributed by atoms with Gasteiger partial charge in [-0.25, -0.2) is 0 Å².